The molecule has 34 heavy (non-hydrogen) atoms. The zero-order chi connectivity index (χ0) is 24.1. The molecule has 0 spiro atoms. The summed E-state index contributed by atoms with van der Waals surface area (Å²) in [6.45, 7) is 1.90. The van der Waals surface area contributed by atoms with Gasteiger partial charge in [-0.1, -0.05) is 37.0 Å². The van der Waals surface area contributed by atoms with Gasteiger partial charge in [0.15, 0.2) is 16.1 Å². The molecule has 0 radical (unpaired) electrons. The number of phenols is 1. The van der Waals surface area contributed by atoms with Crippen LogP contribution >= 0.6 is 11.3 Å². The minimum absolute atomic E-state index is 0.00169. The van der Waals surface area contributed by atoms with Crippen molar-refractivity contribution in [2.75, 3.05) is 17.1 Å². The number of aryl methyl sites for hydroxylation is 1. The SMILES string of the molecule is COc1ccc(-c2sc(NC(=O)CCC3CCCC3)nc2C)cc1S(=O)Nc1ccc(O)cc1. The molecular formula is C25H29N3O4S2. The van der Waals surface area contributed by atoms with E-state index in [1.165, 1.54) is 56.3 Å². The monoisotopic (exact) mass is 499 g/mol. The number of thiazole rings is 1. The number of methoxy groups -OCH3 is 1. The lowest BCUT2D eigenvalue weighted by Crippen LogP contribution is -2.12. The molecule has 3 aromatic rings. The molecule has 0 aliphatic heterocycles. The number of aromatic hydroxyl groups is 1. The molecule has 1 atom stereocenters. The van der Waals surface area contributed by atoms with Gasteiger partial charge in [-0.15, -0.1) is 0 Å². The number of hydrogen-bond acceptors (Lipinski definition) is 6. The summed E-state index contributed by atoms with van der Waals surface area (Å²) >= 11 is 1.41. The van der Waals surface area contributed by atoms with E-state index >= 15 is 0 Å². The first-order valence-corrected chi connectivity index (χ1v) is 13.3. The van der Waals surface area contributed by atoms with Gasteiger partial charge >= 0.3 is 0 Å². The smallest absolute Gasteiger partial charge is 0.226 e. The Hall–Kier alpha value is -2.91. The van der Waals surface area contributed by atoms with Gasteiger partial charge in [-0.2, -0.15) is 0 Å². The highest BCUT2D eigenvalue weighted by molar-refractivity contribution is 7.86. The van der Waals surface area contributed by atoms with Gasteiger partial charge in [0.1, 0.15) is 16.4 Å². The summed E-state index contributed by atoms with van der Waals surface area (Å²) < 4.78 is 21.4. The number of amides is 1. The van der Waals surface area contributed by atoms with Crippen molar-refractivity contribution in [3.8, 4) is 21.9 Å². The number of benzene rings is 2. The molecular weight excluding hydrogens is 470 g/mol. The van der Waals surface area contributed by atoms with Crippen LogP contribution in [0.5, 0.6) is 11.5 Å². The average molecular weight is 500 g/mol. The number of nitrogens with one attached hydrogen (secondary N) is 2. The van der Waals surface area contributed by atoms with Crippen LogP contribution in [0, 0.1) is 12.8 Å². The first-order valence-electron chi connectivity index (χ1n) is 11.4. The fourth-order valence-electron chi connectivity index (χ4n) is 4.19. The van der Waals surface area contributed by atoms with Gasteiger partial charge < -0.3 is 19.9 Å². The Bertz CT molecular complexity index is 1170. The van der Waals surface area contributed by atoms with Crippen LogP contribution in [0.25, 0.3) is 10.4 Å². The summed E-state index contributed by atoms with van der Waals surface area (Å²) in [6, 6.07) is 11.8. The third-order valence-corrected chi connectivity index (χ3v) is 8.26. The summed E-state index contributed by atoms with van der Waals surface area (Å²) in [5, 5.41) is 13.0. The molecule has 1 fully saturated rings. The highest BCUT2D eigenvalue weighted by Crippen LogP contribution is 2.36. The first-order chi connectivity index (χ1) is 16.4. The number of hydrogen-bond donors (Lipinski definition) is 3. The third-order valence-electron chi connectivity index (χ3n) is 6.00. The van der Waals surface area contributed by atoms with Gasteiger partial charge in [0.2, 0.25) is 5.91 Å². The first kappa shape index (κ1) is 24.2. The van der Waals surface area contributed by atoms with Gasteiger partial charge in [0.05, 0.1) is 17.7 Å². The lowest BCUT2D eigenvalue weighted by atomic mass is 10.0. The lowest BCUT2D eigenvalue weighted by molar-refractivity contribution is -0.116. The van der Waals surface area contributed by atoms with E-state index in [1.807, 2.05) is 19.1 Å². The lowest BCUT2D eigenvalue weighted by Gasteiger charge is -2.12. The van der Waals surface area contributed by atoms with Crippen molar-refractivity contribution in [3.05, 3.63) is 48.2 Å². The Balaban J connectivity index is 1.49. The van der Waals surface area contributed by atoms with Crippen LogP contribution < -0.4 is 14.8 Å². The minimum Gasteiger partial charge on any atom is -0.508 e. The van der Waals surface area contributed by atoms with E-state index in [2.05, 4.69) is 15.0 Å². The highest BCUT2D eigenvalue weighted by Gasteiger charge is 2.19. The molecule has 1 unspecified atom stereocenters. The Morgan fingerprint density at radius 2 is 1.94 bits per heavy atom. The quantitative estimate of drug-likeness (QED) is 0.319. The van der Waals surface area contributed by atoms with Crippen molar-refractivity contribution in [2.24, 2.45) is 5.92 Å². The second-order valence-corrected chi connectivity index (χ2v) is 10.6. The largest absolute Gasteiger partial charge is 0.508 e. The van der Waals surface area contributed by atoms with E-state index in [4.69, 9.17) is 4.74 Å². The normalized spacial score (nSPS) is 14.6. The van der Waals surface area contributed by atoms with Crippen LogP contribution in [-0.2, 0) is 15.8 Å². The molecule has 1 aliphatic carbocycles. The summed E-state index contributed by atoms with van der Waals surface area (Å²) in [5.41, 5.74) is 2.25. The number of nitrogens with zero attached hydrogens (tertiary/aromatic N) is 1. The molecule has 9 heteroatoms. The fraction of sp³-hybridized carbons (Fsp3) is 0.360. The predicted molar refractivity (Wildman–Crippen MR) is 137 cm³/mol. The molecule has 1 amide bonds. The van der Waals surface area contributed by atoms with Crippen molar-refractivity contribution >= 4 is 39.0 Å². The third kappa shape index (κ3) is 5.95. The van der Waals surface area contributed by atoms with E-state index < -0.39 is 11.0 Å². The molecule has 0 saturated heterocycles. The Morgan fingerprint density at radius 3 is 2.65 bits per heavy atom. The Labute approximate surface area is 206 Å². The molecule has 1 saturated carbocycles. The van der Waals surface area contributed by atoms with Crippen LogP contribution in [0.1, 0.15) is 44.2 Å². The minimum atomic E-state index is -1.59. The van der Waals surface area contributed by atoms with E-state index in [0.29, 0.717) is 33.8 Å². The summed E-state index contributed by atoms with van der Waals surface area (Å²) in [4.78, 5) is 18.4. The number of rotatable bonds is 9. The van der Waals surface area contributed by atoms with Crippen molar-refractivity contribution in [3.63, 3.8) is 0 Å². The number of phenolic OH excluding ortho intramolecular Hbond substituents is 1. The zero-order valence-electron chi connectivity index (χ0n) is 19.3. The predicted octanol–water partition coefficient (Wildman–Crippen LogP) is 5.88. The summed E-state index contributed by atoms with van der Waals surface area (Å²) in [5.74, 6) is 1.31. The van der Waals surface area contributed by atoms with Crippen LogP contribution in [0.15, 0.2) is 47.4 Å². The van der Waals surface area contributed by atoms with E-state index in [0.717, 1.165) is 22.6 Å². The summed E-state index contributed by atoms with van der Waals surface area (Å²) in [7, 11) is -0.0566. The van der Waals surface area contributed by atoms with Crippen molar-refractivity contribution in [1.82, 2.24) is 4.98 Å². The molecule has 1 aromatic heterocycles. The molecule has 1 aliphatic rings. The van der Waals surface area contributed by atoms with Crippen LogP contribution in [0.2, 0.25) is 0 Å². The molecule has 4 rings (SSSR count). The number of carbonyl (C=O) groups excluding carboxylic acids is 1. The Kier molecular flexibility index (Phi) is 7.84. The van der Waals surface area contributed by atoms with Crippen molar-refractivity contribution < 1.29 is 18.8 Å². The van der Waals surface area contributed by atoms with Gasteiger partial charge in [-0.25, -0.2) is 9.19 Å². The Morgan fingerprint density at radius 1 is 1.21 bits per heavy atom. The maximum absolute atomic E-state index is 13.1. The van der Waals surface area contributed by atoms with E-state index in [9.17, 15) is 14.1 Å². The molecule has 3 N–H and O–H groups in total. The maximum Gasteiger partial charge on any atom is 0.226 e. The van der Waals surface area contributed by atoms with E-state index in [-0.39, 0.29) is 11.7 Å². The maximum atomic E-state index is 13.1. The molecule has 7 nitrogen and oxygen atoms in total. The fourth-order valence-corrected chi connectivity index (χ4v) is 6.20. The van der Waals surface area contributed by atoms with E-state index in [1.54, 1.807) is 18.2 Å². The standard InChI is InChI=1S/C25H29N3O4S2/c1-16-24(33-25(26-16)27-23(30)14-7-17-5-3-4-6-17)18-8-13-21(32-2)22(15-18)34(31)28-19-9-11-20(29)12-10-19/h8-13,15,17,28-29H,3-7,14H2,1-2H3,(H,26,27,30). The van der Waals surface area contributed by atoms with Gasteiger partial charge in [0, 0.05) is 12.1 Å². The molecule has 2 aromatic carbocycles. The molecule has 180 valence electrons. The number of aromatic nitrogens is 1. The van der Waals surface area contributed by atoms with Crippen molar-refractivity contribution in [2.45, 2.75) is 50.3 Å². The molecule has 1 heterocycles. The van der Waals surface area contributed by atoms with Crippen molar-refractivity contribution in [1.29, 1.82) is 0 Å². The number of anilines is 2. The van der Waals surface area contributed by atoms with Crippen LogP contribution in [0.3, 0.4) is 0 Å². The number of carbonyl (C=O) groups is 1. The highest BCUT2D eigenvalue weighted by atomic mass is 32.2. The van der Waals surface area contributed by atoms with Gasteiger partial charge in [0.25, 0.3) is 0 Å². The van der Waals surface area contributed by atoms with Gasteiger partial charge in [-0.05, 0) is 67.3 Å². The zero-order valence-corrected chi connectivity index (χ0v) is 20.9. The number of ether oxygens (including phenoxy) is 1. The average Bonchev–Trinajstić information content (AvgIpc) is 3.48. The topological polar surface area (TPSA) is 101 Å². The second-order valence-electron chi connectivity index (χ2n) is 8.45. The van der Waals surface area contributed by atoms with Crippen LogP contribution in [-0.4, -0.2) is 27.3 Å². The van der Waals surface area contributed by atoms with Crippen LogP contribution in [0.4, 0.5) is 10.8 Å². The summed E-state index contributed by atoms with van der Waals surface area (Å²) in [6.07, 6.45) is 6.48. The molecule has 0 bridgehead atoms. The van der Waals surface area contributed by atoms with Gasteiger partial charge in [-0.3, -0.25) is 4.79 Å². The second kappa shape index (κ2) is 11.0.